The lowest BCUT2D eigenvalue weighted by molar-refractivity contribution is -0.137. The van der Waals surface area contributed by atoms with Crippen LogP contribution in [-0.2, 0) is 9.53 Å². The minimum absolute atomic E-state index is 0.186. The minimum atomic E-state index is -1.01. The lowest BCUT2D eigenvalue weighted by Gasteiger charge is -2.16. The quantitative estimate of drug-likeness (QED) is 0.299. The third-order valence-corrected chi connectivity index (χ3v) is 1.60. The number of carbonyl (C=O) groups excluding carboxylic acids is 1. The molecule has 0 aliphatic rings. The molecular formula is C10H15NO4. The van der Waals surface area contributed by atoms with Gasteiger partial charge in [0.05, 0.1) is 6.61 Å². The molecule has 0 fully saturated rings. The van der Waals surface area contributed by atoms with E-state index < -0.39 is 12.1 Å². The lowest BCUT2D eigenvalue weighted by Crippen LogP contribution is -2.31. The zero-order valence-electron chi connectivity index (χ0n) is 8.52. The van der Waals surface area contributed by atoms with Gasteiger partial charge in [0.2, 0.25) is 0 Å². The second kappa shape index (κ2) is 7.61. The molecule has 0 saturated heterocycles. The van der Waals surface area contributed by atoms with E-state index in [4.69, 9.17) is 9.84 Å². The number of rotatable bonds is 7. The number of ether oxygens (including phenoxy) is 1. The highest BCUT2D eigenvalue weighted by Crippen LogP contribution is 1.94. The van der Waals surface area contributed by atoms with Crippen molar-refractivity contribution >= 4 is 12.1 Å². The molecule has 0 unspecified atom stereocenters. The van der Waals surface area contributed by atoms with Crippen LogP contribution >= 0.6 is 0 Å². The van der Waals surface area contributed by atoms with Crippen LogP contribution in [-0.4, -0.2) is 41.8 Å². The lowest BCUT2D eigenvalue weighted by atomic mass is 10.4. The SMILES string of the molecule is C=CCN(CCCOC(=O)C=C)C(=O)O. The highest BCUT2D eigenvalue weighted by Gasteiger charge is 2.08. The zero-order valence-corrected chi connectivity index (χ0v) is 8.52. The normalized spacial score (nSPS) is 9.07. The minimum Gasteiger partial charge on any atom is -0.465 e. The van der Waals surface area contributed by atoms with Crippen LogP contribution in [0.5, 0.6) is 0 Å². The van der Waals surface area contributed by atoms with Gasteiger partial charge in [-0.3, -0.25) is 0 Å². The first-order valence-electron chi connectivity index (χ1n) is 4.49. The van der Waals surface area contributed by atoms with E-state index in [1.165, 1.54) is 11.0 Å². The Morgan fingerprint density at radius 3 is 2.53 bits per heavy atom. The summed E-state index contributed by atoms with van der Waals surface area (Å²) in [6.07, 6.45) is 2.02. The van der Waals surface area contributed by atoms with Crippen molar-refractivity contribution in [2.45, 2.75) is 6.42 Å². The van der Waals surface area contributed by atoms with Crippen molar-refractivity contribution < 1.29 is 19.4 Å². The van der Waals surface area contributed by atoms with Crippen molar-refractivity contribution in [3.8, 4) is 0 Å². The van der Waals surface area contributed by atoms with E-state index in [0.717, 1.165) is 6.08 Å². The summed E-state index contributed by atoms with van der Waals surface area (Å²) in [5, 5.41) is 8.71. The fourth-order valence-electron chi connectivity index (χ4n) is 0.908. The van der Waals surface area contributed by atoms with E-state index in [0.29, 0.717) is 13.0 Å². The molecule has 0 bridgehead atoms. The van der Waals surface area contributed by atoms with Crippen LogP contribution in [0.4, 0.5) is 4.79 Å². The molecule has 5 heteroatoms. The van der Waals surface area contributed by atoms with Gasteiger partial charge >= 0.3 is 12.1 Å². The monoisotopic (exact) mass is 213 g/mol. The maximum absolute atomic E-state index is 10.6. The van der Waals surface area contributed by atoms with Gasteiger partial charge in [-0.25, -0.2) is 9.59 Å². The van der Waals surface area contributed by atoms with Crippen molar-refractivity contribution in [2.75, 3.05) is 19.7 Å². The molecule has 84 valence electrons. The van der Waals surface area contributed by atoms with Gasteiger partial charge in [-0.2, -0.15) is 0 Å². The predicted molar refractivity (Wildman–Crippen MR) is 55.6 cm³/mol. The molecule has 0 saturated carbocycles. The van der Waals surface area contributed by atoms with Crippen molar-refractivity contribution in [1.82, 2.24) is 4.90 Å². The van der Waals surface area contributed by atoms with E-state index in [9.17, 15) is 9.59 Å². The number of nitrogens with zero attached hydrogens (tertiary/aromatic N) is 1. The van der Waals surface area contributed by atoms with Crippen molar-refractivity contribution in [3.05, 3.63) is 25.3 Å². The molecule has 15 heavy (non-hydrogen) atoms. The van der Waals surface area contributed by atoms with Gasteiger partial charge in [0.1, 0.15) is 0 Å². The fourth-order valence-corrected chi connectivity index (χ4v) is 0.908. The molecule has 0 spiro atoms. The molecule has 0 aromatic rings. The van der Waals surface area contributed by atoms with Crippen molar-refractivity contribution in [1.29, 1.82) is 0 Å². The van der Waals surface area contributed by atoms with Crippen molar-refractivity contribution in [2.24, 2.45) is 0 Å². The first kappa shape index (κ1) is 13.2. The van der Waals surface area contributed by atoms with Crippen LogP contribution in [0.25, 0.3) is 0 Å². The number of amides is 1. The number of carboxylic acid groups (broad SMARTS) is 1. The maximum atomic E-state index is 10.6. The Morgan fingerprint density at radius 2 is 2.07 bits per heavy atom. The Morgan fingerprint density at radius 1 is 1.40 bits per heavy atom. The van der Waals surface area contributed by atoms with E-state index in [-0.39, 0.29) is 13.2 Å². The molecule has 0 aliphatic heterocycles. The maximum Gasteiger partial charge on any atom is 0.407 e. The average Bonchev–Trinajstić information content (AvgIpc) is 2.21. The van der Waals surface area contributed by atoms with Crippen LogP contribution in [0.2, 0.25) is 0 Å². The first-order valence-corrected chi connectivity index (χ1v) is 4.49. The summed E-state index contributed by atoms with van der Waals surface area (Å²) in [5.74, 6) is -0.499. The molecule has 0 atom stereocenters. The summed E-state index contributed by atoms with van der Waals surface area (Å²) in [6, 6.07) is 0. The Labute approximate surface area is 88.6 Å². The van der Waals surface area contributed by atoms with Crippen LogP contribution in [0, 0.1) is 0 Å². The summed E-state index contributed by atoms with van der Waals surface area (Å²) < 4.78 is 4.70. The molecule has 5 nitrogen and oxygen atoms in total. The molecule has 0 heterocycles. The number of carbonyl (C=O) groups is 2. The van der Waals surface area contributed by atoms with Gasteiger partial charge in [-0.1, -0.05) is 12.7 Å². The Kier molecular flexibility index (Phi) is 6.70. The van der Waals surface area contributed by atoms with Crippen LogP contribution in [0.15, 0.2) is 25.3 Å². The van der Waals surface area contributed by atoms with Crippen LogP contribution < -0.4 is 0 Å². The highest BCUT2D eigenvalue weighted by molar-refractivity contribution is 5.81. The number of hydrogen-bond acceptors (Lipinski definition) is 3. The molecule has 0 aromatic heterocycles. The molecule has 0 aromatic carbocycles. The Balaban J connectivity index is 3.71. The molecular weight excluding hydrogens is 198 g/mol. The summed E-state index contributed by atoms with van der Waals surface area (Å²) >= 11 is 0. The highest BCUT2D eigenvalue weighted by atomic mass is 16.5. The van der Waals surface area contributed by atoms with Crippen molar-refractivity contribution in [3.63, 3.8) is 0 Å². The second-order valence-electron chi connectivity index (χ2n) is 2.74. The molecule has 0 radical (unpaired) electrons. The number of hydrogen-bond donors (Lipinski definition) is 1. The van der Waals surface area contributed by atoms with Gasteiger partial charge in [0.25, 0.3) is 0 Å². The summed E-state index contributed by atoms with van der Waals surface area (Å²) in [6.45, 7) is 7.45. The first-order chi connectivity index (χ1) is 7.11. The largest absolute Gasteiger partial charge is 0.465 e. The Hall–Kier alpha value is -1.78. The van der Waals surface area contributed by atoms with E-state index in [2.05, 4.69) is 13.2 Å². The predicted octanol–water partition coefficient (Wildman–Crippen LogP) is 1.27. The standard InChI is InChI=1S/C10H15NO4/c1-3-6-11(10(13)14)7-5-8-15-9(12)4-2/h3-4H,1-2,5-8H2,(H,13,14). The summed E-state index contributed by atoms with van der Waals surface area (Å²) in [7, 11) is 0. The fraction of sp³-hybridized carbons (Fsp3) is 0.400. The van der Waals surface area contributed by atoms with Gasteiger partial charge in [-0.15, -0.1) is 6.58 Å². The van der Waals surface area contributed by atoms with E-state index in [1.54, 1.807) is 0 Å². The van der Waals surface area contributed by atoms with E-state index in [1.807, 2.05) is 0 Å². The van der Waals surface area contributed by atoms with Gasteiger partial charge in [0.15, 0.2) is 0 Å². The summed E-state index contributed by atoms with van der Waals surface area (Å²) in [4.78, 5) is 22.4. The summed E-state index contributed by atoms with van der Waals surface area (Å²) in [5.41, 5.74) is 0. The van der Waals surface area contributed by atoms with Crippen LogP contribution in [0.1, 0.15) is 6.42 Å². The van der Waals surface area contributed by atoms with Gasteiger partial charge < -0.3 is 14.7 Å². The van der Waals surface area contributed by atoms with Gasteiger partial charge in [-0.05, 0) is 6.42 Å². The molecule has 0 aliphatic carbocycles. The molecule has 1 amide bonds. The number of esters is 1. The van der Waals surface area contributed by atoms with E-state index >= 15 is 0 Å². The smallest absolute Gasteiger partial charge is 0.407 e. The molecule has 1 N–H and O–H groups in total. The third-order valence-electron chi connectivity index (χ3n) is 1.60. The molecule has 0 rings (SSSR count). The Bertz CT molecular complexity index is 250. The topological polar surface area (TPSA) is 66.8 Å². The third kappa shape index (κ3) is 6.31. The zero-order chi connectivity index (χ0) is 11.7. The average molecular weight is 213 g/mol. The van der Waals surface area contributed by atoms with Gasteiger partial charge in [0, 0.05) is 19.2 Å². The second-order valence-corrected chi connectivity index (χ2v) is 2.74. The van der Waals surface area contributed by atoms with Crippen LogP contribution in [0.3, 0.4) is 0 Å².